The molecule has 0 heterocycles. The zero-order valence-electron chi connectivity index (χ0n) is 4.62. The molecule has 1 nitrogen and oxygen atoms in total. The molecule has 0 aromatic heterocycles. The molecule has 6 heavy (non-hydrogen) atoms. The first-order valence-electron chi connectivity index (χ1n) is 1.70. The molecule has 0 aromatic carbocycles. The van der Waals surface area contributed by atoms with Crippen molar-refractivity contribution in [3.63, 3.8) is 0 Å². The van der Waals surface area contributed by atoms with Crippen LogP contribution < -0.4 is 0 Å². The molecule has 39 valence electrons. The first kappa shape index (κ1) is 9.72. The Hall–Kier alpha value is 0.518. The van der Waals surface area contributed by atoms with Gasteiger partial charge in [-0.05, 0) is 20.8 Å². The van der Waals surface area contributed by atoms with Crippen LogP contribution in [0, 0.1) is 0 Å². The van der Waals surface area contributed by atoms with Crippen LogP contribution in [0.1, 0.15) is 20.8 Å². The van der Waals surface area contributed by atoms with E-state index >= 15 is 0 Å². The second-order valence-corrected chi connectivity index (χ2v) is 2.11. The van der Waals surface area contributed by atoms with Gasteiger partial charge in [0.25, 0.3) is 0 Å². The average Bonchev–Trinajstić information content (AvgIpc) is 0.722. The summed E-state index contributed by atoms with van der Waals surface area (Å²) in [5.41, 5.74) is -0.750. The Bertz CT molecular complexity index is 23.0. The van der Waals surface area contributed by atoms with E-state index in [1.54, 1.807) is 20.8 Å². The van der Waals surface area contributed by atoms with Crippen LogP contribution in [0.3, 0.4) is 0 Å². The zero-order chi connectivity index (χ0) is 4.50. The fraction of sp³-hybridized carbons (Fsp3) is 1.00. The predicted octanol–water partition coefficient (Wildman–Crippen LogP) is 0.0315. The van der Waals surface area contributed by atoms with Crippen molar-refractivity contribution in [3.05, 3.63) is 0 Å². The summed E-state index contributed by atoms with van der Waals surface area (Å²) in [6.45, 7) is 4.90. The van der Waals surface area contributed by atoms with E-state index in [4.69, 9.17) is 0 Å². The summed E-state index contributed by atoms with van der Waals surface area (Å²) < 4.78 is 0. The van der Waals surface area contributed by atoms with Gasteiger partial charge in [0, 0.05) is 0 Å². The van der Waals surface area contributed by atoms with Crippen molar-refractivity contribution in [2.45, 2.75) is 26.4 Å². The van der Waals surface area contributed by atoms with E-state index in [0.29, 0.717) is 0 Å². The molecule has 0 N–H and O–H groups in total. The van der Waals surface area contributed by atoms with Gasteiger partial charge in [0.15, 0.2) is 0 Å². The van der Waals surface area contributed by atoms with Crippen molar-refractivity contribution in [1.82, 2.24) is 0 Å². The van der Waals surface area contributed by atoms with E-state index < -0.39 is 5.60 Å². The fourth-order valence-corrected chi connectivity index (χ4v) is 0. The van der Waals surface area contributed by atoms with Crippen LogP contribution in [0.25, 0.3) is 0 Å². The summed E-state index contributed by atoms with van der Waals surface area (Å²) in [6.07, 6.45) is 0. The summed E-state index contributed by atoms with van der Waals surface area (Å²) in [4.78, 5) is 0. The van der Waals surface area contributed by atoms with Gasteiger partial charge in [-0.2, -0.15) is 0 Å². The monoisotopic (exact) mass is 151 g/mol. The summed E-state index contributed by atoms with van der Waals surface area (Å²) in [6, 6.07) is 0. The van der Waals surface area contributed by atoms with E-state index in [-0.39, 0.29) is 18.0 Å². The Kier molecular flexibility index (Phi) is 4.30. The molecular weight excluding hydrogens is 139 g/mol. The topological polar surface area (TPSA) is 19.9 Å². The third kappa shape index (κ3) is 208. The van der Waals surface area contributed by atoms with E-state index in [9.17, 15) is 5.11 Å². The van der Waals surface area contributed by atoms with Crippen LogP contribution >= 0.6 is 0 Å². The van der Waals surface area contributed by atoms with Crippen molar-refractivity contribution >= 4 is 18.0 Å². The first-order chi connectivity index (χ1) is 2.00. The molecule has 0 aliphatic carbocycles. The summed E-state index contributed by atoms with van der Waals surface area (Å²) in [5.74, 6) is 0. The van der Waals surface area contributed by atoms with Gasteiger partial charge in [0.05, 0.1) is 5.60 Å². The van der Waals surface area contributed by atoms with E-state index in [1.165, 1.54) is 0 Å². The van der Waals surface area contributed by atoms with Crippen LogP contribution in [0.5, 0.6) is 0 Å². The maximum absolute atomic E-state index is 10.1. The van der Waals surface area contributed by atoms with E-state index in [2.05, 4.69) is 0 Å². The molecule has 0 aliphatic rings. The molecule has 0 saturated carbocycles. The minimum absolute atomic E-state index is 0. The zero-order valence-corrected chi connectivity index (χ0v) is 7.58. The molecule has 0 aromatic rings. The van der Waals surface area contributed by atoms with Gasteiger partial charge in [0.1, 0.15) is 0 Å². The van der Waals surface area contributed by atoms with Gasteiger partial charge in [-0.15, -0.1) is 0 Å². The second-order valence-electron chi connectivity index (χ2n) is 2.11. The summed E-state index contributed by atoms with van der Waals surface area (Å²) >= 11 is 0. The molecule has 0 fully saturated rings. The Morgan fingerprint density at radius 2 is 1.17 bits per heavy atom. The van der Waals surface area contributed by atoms with Crippen molar-refractivity contribution in [2.24, 2.45) is 0 Å². The SMILES string of the molecule is CC(C)(C)[O].[AsH3]. The third-order valence-electron chi connectivity index (χ3n) is 0. The van der Waals surface area contributed by atoms with Crippen molar-refractivity contribution in [3.8, 4) is 0 Å². The van der Waals surface area contributed by atoms with E-state index in [1.807, 2.05) is 0 Å². The molecule has 1 radical (unpaired) electrons. The molecule has 0 aliphatic heterocycles. The molecule has 0 spiro atoms. The molecule has 0 bridgehead atoms. The van der Waals surface area contributed by atoms with Crippen LogP contribution in [-0.4, -0.2) is 23.6 Å². The van der Waals surface area contributed by atoms with E-state index in [0.717, 1.165) is 0 Å². The quantitative estimate of drug-likeness (QED) is 0.435. The Labute approximate surface area is 50.1 Å². The van der Waals surface area contributed by atoms with Crippen LogP contribution in [0.15, 0.2) is 0 Å². The number of hydrogen-bond donors (Lipinski definition) is 0. The molecule has 1 unspecified atom stereocenters. The number of rotatable bonds is 0. The first-order valence-corrected chi connectivity index (χ1v) is 1.70. The van der Waals surface area contributed by atoms with Gasteiger partial charge in [-0.3, -0.25) is 0 Å². The Balaban J connectivity index is 0. The normalized spacial score (nSPS) is 10.0. The average molecular weight is 151 g/mol. The van der Waals surface area contributed by atoms with Crippen LogP contribution in [-0.2, 0) is 5.11 Å². The van der Waals surface area contributed by atoms with Gasteiger partial charge >= 0.3 is 18.0 Å². The van der Waals surface area contributed by atoms with Crippen LogP contribution in [0.4, 0.5) is 0 Å². The molecule has 0 amide bonds. The van der Waals surface area contributed by atoms with Crippen LogP contribution in [0.2, 0.25) is 0 Å². The van der Waals surface area contributed by atoms with Gasteiger partial charge in [-0.1, -0.05) is 0 Å². The van der Waals surface area contributed by atoms with Crippen molar-refractivity contribution in [2.75, 3.05) is 0 Å². The predicted molar refractivity (Wildman–Crippen MR) is 30.4 cm³/mol. The van der Waals surface area contributed by atoms with Gasteiger partial charge in [-0.25, -0.2) is 5.11 Å². The van der Waals surface area contributed by atoms with Crippen molar-refractivity contribution < 1.29 is 5.11 Å². The number of hydrogen-bond acceptors (Lipinski definition) is 0. The van der Waals surface area contributed by atoms with Crippen molar-refractivity contribution in [1.29, 1.82) is 0 Å². The van der Waals surface area contributed by atoms with Gasteiger partial charge < -0.3 is 0 Å². The fourth-order valence-electron chi connectivity index (χ4n) is 0. The molecule has 2 heteroatoms. The molecule has 0 saturated heterocycles. The molecular formula is C4H12AsO. The Morgan fingerprint density at radius 1 is 1.17 bits per heavy atom. The Morgan fingerprint density at radius 3 is 1.17 bits per heavy atom. The summed E-state index contributed by atoms with van der Waals surface area (Å²) in [5, 5.41) is 10.1. The van der Waals surface area contributed by atoms with Gasteiger partial charge in [0.2, 0.25) is 0 Å². The summed E-state index contributed by atoms with van der Waals surface area (Å²) in [7, 11) is 0. The molecule has 1 atom stereocenters. The third-order valence-corrected chi connectivity index (χ3v) is 0. The molecule has 0 rings (SSSR count). The second kappa shape index (κ2) is 2.65. The maximum atomic E-state index is 10.1. The minimum atomic E-state index is -0.750. The standard InChI is InChI=1S/C4H9O.AsH3/c1-4(2,3)5;/h1-3H3;1H3.